The van der Waals surface area contributed by atoms with E-state index in [0.29, 0.717) is 10.0 Å². The predicted molar refractivity (Wildman–Crippen MR) is 72.0 cm³/mol. The summed E-state index contributed by atoms with van der Waals surface area (Å²) >= 11 is 13.3. The molecule has 0 aliphatic rings. The summed E-state index contributed by atoms with van der Waals surface area (Å²) in [5.41, 5.74) is 3.69. The van der Waals surface area contributed by atoms with E-state index in [9.17, 15) is 0 Å². The van der Waals surface area contributed by atoms with Crippen LogP contribution in [0.4, 0.5) is 5.69 Å². The Morgan fingerprint density at radius 1 is 1.19 bits per heavy atom. The summed E-state index contributed by atoms with van der Waals surface area (Å²) in [6, 6.07) is 9.25. The van der Waals surface area contributed by atoms with E-state index >= 15 is 0 Å². The molecule has 0 bridgehead atoms. The number of hydrogen-bond acceptors (Lipinski definition) is 3. The molecule has 2 aromatic rings. The lowest BCUT2D eigenvalue weighted by atomic mass is 10.3. The molecule has 0 saturated heterocycles. The Morgan fingerprint density at radius 2 is 2.06 bits per heavy atom. The summed E-state index contributed by atoms with van der Waals surface area (Å²) < 4.78 is 0. The van der Waals surface area contributed by atoms with Gasteiger partial charge in [0.15, 0.2) is 0 Å². The van der Waals surface area contributed by atoms with E-state index in [1.807, 2.05) is 23.6 Å². The highest BCUT2D eigenvalue weighted by Gasteiger charge is 1.97. The smallest absolute Gasteiger partial charge is 0.0644 e. The van der Waals surface area contributed by atoms with Gasteiger partial charge in [0.1, 0.15) is 0 Å². The first-order valence-corrected chi connectivity index (χ1v) is 6.17. The van der Waals surface area contributed by atoms with Gasteiger partial charge in [-0.3, -0.25) is 5.43 Å². The molecule has 1 N–H and O–H groups in total. The number of anilines is 1. The van der Waals surface area contributed by atoms with Gasteiger partial charge in [-0.25, -0.2) is 0 Å². The third kappa shape index (κ3) is 2.98. The predicted octanol–water partition coefficient (Wildman–Crippen LogP) is 4.50. The zero-order valence-corrected chi connectivity index (χ0v) is 10.5. The van der Waals surface area contributed by atoms with Crippen molar-refractivity contribution in [3.05, 3.63) is 50.6 Å². The lowest BCUT2D eigenvalue weighted by molar-refractivity contribution is 1.35. The Kier molecular flexibility index (Phi) is 3.83. The molecule has 82 valence electrons. The molecule has 2 nitrogen and oxygen atoms in total. The number of hydrogen-bond donors (Lipinski definition) is 1. The van der Waals surface area contributed by atoms with E-state index in [2.05, 4.69) is 10.5 Å². The number of benzene rings is 1. The molecule has 1 aromatic heterocycles. The number of hydrazone groups is 1. The fraction of sp³-hybridized carbons (Fsp3) is 0. The van der Waals surface area contributed by atoms with Crippen molar-refractivity contribution in [3.63, 3.8) is 0 Å². The van der Waals surface area contributed by atoms with Gasteiger partial charge in [0.2, 0.25) is 0 Å². The van der Waals surface area contributed by atoms with E-state index in [-0.39, 0.29) is 0 Å². The van der Waals surface area contributed by atoms with Gasteiger partial charge in [-0.1, -0.05) is 29.3 Å². The van der Waals surface area contributed by atoms with Gasteiger partial charge in [0, 0.05) is 4.88 Å². The van der Waals surface area contributed by atoms with Gasteiger partial charge < -0.3 is 0 Å². The van der Waals surface area contributed by atoms with Crippen molar-refractivity contribution < 1.29 is 0 Å². The minimum absolute atomic E-state index is 0.512. The Labute approximate surface area is 108 Å². The molecule has 5 heteroatoms. The lowest BCUT2D eigenvalue weighted by Gasteiger charge is -2.01. The van der Waals surface area contributed by atoms with Crippen molar-refractivity contribution >= 4 is 46.4 Å². The van der Waals surface area contributed by atoms with E-state index in [0.717, 1.165) is 10.6 Å². The number of thiophene rings is 1. The van der Waals surface area contributed by atoms with Gasteiger partial charge in [-0.2, -0.15) is 5.10 Å². The Balaban J connectivity index is 2.02. The first kappa shape index (κ1) is 11.5. The van der Waals surface area contributed by atoms with Crippen LogP contribution in [0.1, 0.15) is 4.88 Å². The monoisotopic (exact) mass is 270 g/mol. The molecule has 0 spiro atoms. The average Bonchev–Trinajstić information content (AvgIpc) is 2.76. The minimum atomic E-state index is 0.512. The molecule has 0 unspecified atom stereocenters. The maximum atomic E-state index is 5.87. The largest absolute Gasteiger partial charge is 0.278 e. The van der Waals surface area contributed by atoms with E-state index in [1.54, 1.807) is 29.7 Å². The van der Waals surface area contributed by atoms with Crippen molar-refractivity contribution in [2.75, 3.05) is 5.43 Å². The molecule has 1 aromatic carbocycles. The van der Waals surface area contributed by atoms with Crippen LogP contribution in [-0.4, -0.2) is 6.21 Å². The van der Waals surface area contributed by atoms with Gasteiger partial charge >= 0.3 is 0 Å². The van der Waals surface area contributed by atoms with Crippen LogP contribution in [0.3, 0.4) is 0 Å². The number of nitrogens with one attached hydrogen (secondary N) is 1. The first-order valence-electron chi connectivity index (χ1n) is 4.53. The third-order valence-corrected chi connectivity index (χ3v) is 3.39. The van der Waals surface area contributed by atoms with Crippen LogP contribution in [0.5, 0.6) is 0 Å². The van der Waals surface area contributed by atoms with Crippen molar-refractivity contribution in [1.82, 2.24) is 0 Å². The van der Waals surface area contributed by atoms with Crippen molar-refractivity contribution in [2.45, 2.75) is 0 Å². The molecule has 0 atom stereocenters. The highest BCUT2D eigenvalue weighted by Crippen LogP contribution is 2.24. The van der Waals surface area contributed by atoms with E-state index in [4.69, 9.17) is 23.2 Å². The maximum absolute atomic E-state index is 5.87. The summed E-state index contributed by atoms with van der Waals surface area (Å²) in [6.07, 6.45) is 1.76. The molecule has 0 amide bonds. The summed E-state index contributed by atoms with van der Waals surface area (Å²) in [4.78, 5) is 1.09. The van der Waals surface area contributed by atoms with Crippen LogP contribution in [0.15, 0.2) is 40.8 Å². The van der Waals surface area contributed by atoms with E-state index in [1.165, 1.54) is 0 Å². The van der Waals surface area contributed by atoms with Crippen molar-refractivity contribution in [2.24, 2.45) is 5.10 Å². The maximum Gasteiger partial charge on any atom is 0.0644 e. The molecular formula is C11H8Cl2N2S. The van der Waals surface area contributed by atoms with Gasteiger partial charge in [-0.15, -0.1) is 11.3 Å². The lowest BCUT2D eigenvalue weighted by Crippen LogP contribution is -1.89. The summed E-state index contributed by atoms with van der Waals surface area (Å²) in [5.74, 6) is 0. The van der Waals surface area contributed by atoms with Crippen molar-refractivity contribution in [1.29, 1.82) is 0 Å². The first-order chi connectivity index (χ1) is 7.75. The summed E-state index contributed by atoms with van der Waals surface area (Å²) in [6.45, 7) is 0. The van der Waals surface area contributed by atoms with Crippen molar-refractivity contribution in [3.8, 4) is 0 Å². The van der Waals surface area contributed by atoms with Crippen LogP contribution in [0.25, 0.3) is 0 Å². The molecule has 0 saturated carbocycles. The Hall–Kier alpha value is -1.03. The SMILES string of the molecule is Clc1ccc(NN=Cc2cccs2)cc1Cl. The minimum Gasteiger partial charge on any atom is -0.278 e. The molecular weight excluding hydrogens is 263 g/mol. The summed E-state index contributed by atoms with van der Waals surface area (Å²) in [7, 11) is 0. The van der Waals surface area contributed by atoms with Crippen LogP contribution in [-0.2, 0) is 0 Å². The van der Waals surface area contributed by atoms with Crippen LogP contribution >= 0.6 is 34.5 Å². The molecule has 16 heavy (non-hydrogen) atoms. The molecule has 2 rings (SSSR count). The third-order valence-electron chi connectivity index (χ3n) is 1.85. The second kappa shape index (κ2) is 5.34. The van der Waals surface area contributed by atoms with Crippen LogP contribution in [0.2, 0.25) is 10.0 Å². The Morgan fingerprint density at radius 3 is 2.75 bits per heavy atom. The van der Waals surface area contributed by atoms with Gasteiger partial charge in [0.25, 0.3) is 0 Å². The highest BCUT2D eigenvalue weighted by molar-refractivity contribution is 7.11. The number of halogens is 2. The van der Waals surface area contributed by atoms with E-state index < -0.39 is 0 Å². The highest BCUT2D eigenvalue weighted by atomic mass is 35.5. The normalized spacial score (nSPS) is 10.9. The molecule has 0 aliphatic carbocycles. The number of rotatable bonds is 3. The van der Waals surface area contributed by atoms with Gasteiger partial charge in [0.05, 0.1) is 21.9 Å². The molecule has 0 aliphatic heterocycles. The topological polar surface area (TPSA) is 24.4 Å². The molecule has 0 fully saturated rings. The zero-order chi connectivity index (χ0) is 11.4. The zero-order valence-electron chi connectivity index (χ0n) is 8.15. The second-order valence-corrected chi connectivity index (χ2v) is 4.81. The second-order valence-electron chi connectivity index (χ2n) is 3.01. The fourth-order valence-electron chi connectivity index (χ4n) is 1.10. The Bertz CT molecular complexity index is 495. The quantitative estimate of drug-likeness (QED) is 0.645. The number of nitrogens with zero attached hydrogens (tertiary/aromatic N) is 1. The van der Waals surface area contributed by atoms with Gasteiger partial charge in [-0.05, 0) is 29.6 Å². The molecule has 1 heterocycles. The average molecular weight is 271 g/mol. The standard InChI is InChI=1S/C11H8Cl2N2S/c12-10-4-3-8(6-11(10)13)15-14-7-9-2-1-5-16-9/h1-7,15H. The summed E-state index contributed by atoms with van der Waals surface area (Å²) in [5, 5.41) is 7.14. The molecule has 0 radical (unpaired) electrons. The van der Waals surface area contributed by atoms with Crippen LogP contribution in [0, 0.1) is 0 Å². The van der Waals surface area contributed by atoms with Crippen LogP contribution < -0.4 is 5.43 Å². The fourth-order valence-corrected chi connectivity index (χ4v) is 1.98.